The predicted molar refractivity (Wildman–Crippen MR) is 81.8 cm³/mol. The van der Waals surface area contributed by atoms with Crippen molar-refractivity contribution in [1.82, 2.24) is 4.90 Å². The van der Waals surface area contributed by atoms with Crippen LogP contribution in [-0.4, -0.2) is 56.9 Å². The number of hydrogen-bond acceptors (Lipinski definition) is 5. The molecule has 6 heteroatoms. The Morgan fingerprint density at radius 2 is 1.68 bits per heavy atom. The molecular formula is C16H23NO5. The van der Waals surface area contributed by atoms with Crippen LogP contribution < -0.4 is 14.2 Å². The van der Waals surface area contributed by atoms with Crippen LogP contribution >= 0.6 is 0 Å². The fourth-order valence-electron chi connectivity index (χ4n) is 2.71. The van der Waals surface area contributed by atoms with Gasteiger partial charge in [0.05, 0.1) is 21.3 Å². The summed E-state index contributed by atoms with van der Waals surface area (Å²) in [6.45, 7) is 1.49. The molecule has 122 valence electrons. The molecule has 0 bridgehead atoms. The van der Waals surface area contributed by atoms with E-state index in [-0.39, 0.29) is 12.5 Å². The number of benzene rings is 1. The monoisotopic (exact) mass is 309 g/mol. The fraction of sp³-hybridized carbons (Fsp3) is 0.562. The lowest BCUT2D eigenvalue weighted by Crippen LogP contribution is -2.39. The molecule has 22 heavy (non-hydrogen) atoms. The molecule has 0 spiro atoms. The molecule has 1 fully saturated rings. The first-order valence-electron chi connectivity index (χ1n) is 7.34. The number of rotatable bonds is 5. The second-order valence-electron chi connectivity index (χ2n) is 5.33. The third kappa shape index (κ3) is 3.27. The summed E-state index contributed by atoms with van der Waals surface area (Å²) in [5.74, 6) is 1.64. The summed E-state index contributed by atoms with van der Waals surface area (Å²) < 4.78 is 15.8. The molecule has 1 aliphatic rings. The van der Waals surface area contributed by atoms with Gasteiger partial charge >= 0.3 is 0 Å². The Morgan fingerprint density at radius 3 is 2.09 bits per heavy atom. The van der Waals surface area contributed by atoms with Gasteiger partial charge in [-0.2, -0.15) is 0 Å². The van der Waals surface area contributed by atoms with Gasteiger partial charge < -0.3 is 24.2 Å². The molecule has 0 aliphatic carbocycles. The van der Waals surface area contributed by atoms with Crippen LogP contribution in [0, 0.1) is 5.92 Å². The van der Waals surface area contributed by atoms with Gasteiger partial charge in [-0.25, -0.2) is 0 Å². The molecule has 1 aromatic carbocycles. The van der Waals surface area contributed by atoms with E-state index in [2.05, 4.69) is 0 Å². The summed E-state index contributed by atoms with van der Waals surface area (Å²) in [4.78, 5) is 14.4. The van der Waals surface area contributed by atoms with Gasteiger partial charge in [-0.15, -0.1) is 0 Å². The first-order chi connectivity index (χ1) is 10.6. The van der Waals surface area contributed by atoms with E-state index in [0.29, 0.717) is 41.8 Å². The summed E-state index contributed by atoms with van der Waals surface area (Å²) in [6.07, 6.45) is 1.65. The number of likely N-dealkylation sites (tertiary alicyclic amines) is 1. The minimum absolute atomic E-state index is 0.0596. The van der Waals surface area contributed by atoms with Crippen molar-refractivity contribution in [3.05, 3.63) is 17.7 Å². The molecule has 0 radical (unpaired) electrons. The van der Waals surface area contributed by atoms with Crippen LogP contribution in [-0.2, 0) is 0 Å². The van der Waals surface area contributed by atoms with E-state index >= 15 is 0 Å². The van der Waals surface area contributed by atoms with E-state index in [1.54, 1.807) is 17.0 Å². The van der Waals surface area contributed by atoms with Gasteiger partial charge in [0.25, 0.3) is 5.91 Å². The summed E-state index contributed by atoms with van der Waals surface area (Å²) in [7, 11) is 4.58. The number of carbonyl (C=O) groups is 1. The number of methoxy groups -OCH3 is 3. The maximum atomic E-state index is 12.6. The molecule has 6 nitrogen and oxygen atoms in total. The molecule has 1 aliphatic heterocycles. The van der Waals surface area contributed by atoms with Crippen molar-refractivity contribution < 1.29 is 24.1 Å². The molecule has 0 saturated carbocycles. The minimum Gasteiger partial charge on any atom is -0.493 e. The lowest BCUT2D eigenvalue weighted by atomic mass is 9.97. The van der Waals surface area contributed by atoms with Crippen molar-refractivity contribution >= 4 is 5.91 Å². The molecule has 0 aromatic heterocycles. The smallest absolute Gasteiger partial charge is 0.254 e. The first kappa shape index (κ1) is 16.4. The quantitative estimate of drug-likeness (QED) is 0.894. The standard InChI is InChI=1S/C16H23NO5/c1-20-13-8-12(9-14(21-2)15(13)22-3)16(19)17-6-4-11(10-18)5-7-17/h8-9,11,18H,4-7,10H2,1-3H3. The summed E-state index contributed by atoms with van der Waals surface area (Å²) >= 11 is 0. The van der Waals surface area contributed by atoms with Crippen LogP contribution in [0.25, 0.3) is 0 Å². The second kappa shape index (κ2) is 7.35. The fourth-order valence-corrected chi connectivity index (χ4v) is 2.71. The van der Waals surface area contributed by atoms with Crippen molar-refractivity contribution in [3.63, 3.8) is 0 Å². The third-order valence-electron chi connectivity index (χ3n) is 4.07. The summed E-state index contributed by atoms with van der Waals surface area (Å²) in [5, 5.41) is 9.18. The average Bonchev–Trinajstić information content (AvgIpc) is 2.59. The molecule has 1 saturated heterocycles. The van der Waals surface area contributed by atoms with Gasteiger partial charge in [-0.1, -0.05) is 0 Å². The summed E-state index contributed by atoms with van der Waals surface area (Å²) in [6, 6.07) is 3.34. The average molecular weight is 309 g/mol. The number of hydrogen-bond donors (Lipinski definition) is 1. The Morgan fingerprint density at radius 1 is 1.14 bits per heavy atom. The highest BCUT2D eigenvalue weighted by molar-refractivity contribution is 5.95. The second-order valence-corrected chi connectivity index (χ2v) is 5.33. The Bertz CT molecular complexity index is 498. The van der Waals surface area contributed by atoms with E-state index in [9.17, 15) is 9.90 Å². The van der Waals surface area contributed by atoms with Crippen LogP contribution in [0.2, 0.25) is 0 Å². The van der Waals surface area contributed by atoms with Gasteiger partial charge in [0.15, 0.2) is 11.5 Å². The van der Waals surface area contributed by atoms with E-state index in [1.807, 2.05) is 0 Å². The van der Waals surface area contributed by atoms with E-state index in [4.69, 9.17) is 14.2 Å². The highest BCUT2D eigenvalue weighted by Gasteiger charge is 2.25. The SMILES string of the molecule is COc1cc(C(=O)N2CCC(CO)CC2)cc(OC)c1OC. The Kier molecular flexibility index (Phi) is 5.49. The van der Waals surface area contributed by atoms with Crippen molar-refractivity contribution in [2.24, 2.45) is 5.92 Å². The highest BCUT2D eigenvalue weighted by atomic mass is 16.5. The molecular weight excluding hydrogens is 286 g/mol. The maximum Gasteiger partial charge on any atom is 0.254 e. The van der Waals surface area contributed by atoms with Gasteiger partial charge in [-0.3, -0.25) is 4.79 Å². The lowest BCUT2D eigenvalue weighted by molar-refractivity contribution is 0.0650. The Balaban J connectivity index is 2.23. The van der Waals surface area contributed by atoms with Crippen molar-refractivity contribution in [1.29, 1.82) is 0 Å². The van der Waals surface area contributed by atoms with E-state index in [0.717, 1.165) is 12.8 Å². The molecule has 1 N–H and O–H groups in total. The van der Waals surface area contributed by atoms with Crippen molar-refractivity contribution in [2.75, 3.05) is 41.0 Å². The minimum atomic E-state index is -0.0596. The number of piperidine rings is 1. The number of ether oxygens (including phenoxy) is 3. The number of aliphatic hydroxyl groups excluding tert-OH is 1. The zero-order valence-electron chi connectivity index (χ0n) is 13.3. The van der Waals surface area contributed by atoms with Gasteiger partial charge in [0.2, 0.25) is 5.75 Å². The molecule has 1 amide bonds. The number of amides is 1. The molecule has 0 atom stereocenters. The Hall–Kier alpha value is -1.95. The first-order valence-corrected chi connectivity index (χ1v) is 7.34. The third-order valence-corrected chi connectivity index (χ3v) is 4.07. The topological polar surface area (TPSA) is 68.2 Å². The largest absolute Gasteiger partial charge is 0.493 e. The molecule has 1 heterocycles. The Labute approximate surface area is 130 Å². The predicted octanol–water partition coefficient (Wildman–Crippen LogP) is 1.56. The van der Waals surface area contributed by atoms with Crippen molar-refractivity contribution in [2.45, 2.75) is 12.8 Å². The molecule has 0 unspecified atom stereocenters. The van der Waals surface area contributed by atoms with Crippen LogP contribution in [0.1, 0.15) is 23.2 Å². The summed E-state index contributed by atoms with van der Waals surface area (Å²) in [5.41, 5.74) is 0.511. The van der Waals surface area contributed by atoms with Crippen molar-refractivity contribution in [3.8, 4) is 17.2 Å². The number of nitrogens with zero attached hydrogens (tertiary/aromatic N) is 1. The van der Waals surface area contributed by atoms with Crippen LogP contribution in [0.3, 0.4) is 0 Å². The van der Waals surface area contributed by atoms with Crippen LogP contribution in [0.4, 0.5) is 0 Å². The normalized spacial score (nSPS) is 15.5. The van der Waals surface area contributed by atoms with Crippen LogP contribution in [0.5, 0.6) is 17.2 Å². The van der Waals surface area contributed by atoms with E-state index in [1.165, 1.54) is 21.3 Å². The van der Waals surface area contributed by atoms with Gasteiger partial charge in [-0.05, 0) is 30.9 Å². The van der Waals surface area contributed by atoms with Gasteiger partial charge in [0.1, 0.15) is 0 Å². The lowest BCUT2D eigenvalue weighted by Gasteiger charge is -2.31. The highest BCUT2D eigenvalue weighted by Crippen LogP contribution is 2.38. The number of aliphatic hydroxyl groups is 1. The van der Waals surface area contributed by atoms with Gasteiger partial charge in [0, 0.05) is 25.3 Å². The molecule has 1 aromatic rings. The van der Waals surface area contributed by atoms with E-state index < -0.39 is 0 Å². The van der Waals surface area contributed by atoms with Crippen LogP contribution in [0.15, 0.2) is 12.1 Å². The zero-order valence-corrected chi connectivity index (χ0v) is 13.3. The zero-order chi connectivity index (χ0) is 16.1. The maximum absolute atomic E-state index is 12.6. The number of carbonyl (C=O) groups excluding carboxylic acids is 1. The molecule has 2 rings (SSSR count).